The first-order valence-electron chi connectivity index (χ1n) is 8.16. The molecule has 4 bridgehead atoms. The Morgan fingerprint density at radius 2 is 1.70 bits per heavy atom. The average molecular weight is 279 g/mol. The molecule has 0 radical (unpaired) electrons. The molecule has 2 N–H and O–H groups in total. The molecule has 0 heterocycles. The fourth-order valence-electron chi connectivity index (χ4n) is 5.27. The van der Waals surface area contributed by atoms with Crippen LogP contribution < -0.4 is 10.6 Å². The summed E-state index contributed by atoms with van der Waals surface area (Å²) in [5.41, 5.74) is 0.563. The van der Waals surface area contributed by atoms with Crippen molar-refractivity contribution in [2.75, 3.05) is 33.9 Å². The van der Waals surface area contributed by atoms with Crippen molar-refractivity contribution in [2.24, 2.45) is 28.2 Å². The van der Waals surface area contributed by atoms with Gasteiger partial charge in [-0.05, 0) is 61.7 Å². The first-order chi connectivity index (χ1) is 9.73. The minimum atomic E-state index is 0.563. The number of methoxy groups -OCH3 is 1. The van der Waals surface area contributed by atoms with Crippen LogP contribution in [0.4, 0.5) is 0 Å². The smallest absolute Gasteiger partial charge is 0.191 e. The number of ether oxygens (including phenoxy) is 1. The first-order valence-corrected chi connectivity index (χ1v) is 8.16. The second kappa shape index (κ2) is 5.92. The van der Waals surface area contributed by atoms with E-state index in [-0.39, 0.29) is 0 Å². The molecule has 4 nitrogen and oxygen atoms in total. The molecule has 4 rings (SSSR count). The van der Waals surface area contributed by atoms with Crippen LogP contribution in [0.2, 0.25) is 0 Å². The summed E-state index contributed by atoms with van der Waals surface area (Å²) in [5.74, 6) is 3.99. The van der Waals surface area contributed by atoms with Gasteiger partial charge < -0.3 is 15.4 Å². The van der Waals surface area contributed by atoms with E-state index in [1.807, 2.05) is 7.05 Å². The minimum absolute atomic E-state index is 0.563. The first kappa shape index (κ1) is 14.2. The van der Waals surface area contributed by atoms with E-state index in [1.165, 1.54) is 38.5 Å². The Labute approximate surface area is 122 Å². The highest BCUT2D eigenvalue weighted by molar-refractivity contribution is 5.79. The van der Waals surface area contributed by atoms with Crippen LogP contribution in [-0.2, 0) is 4.74 Å². The Balaban J connectivity index is 1.52. The lowest BCUT2D eigenvalue weighted by Gasteiger charge is -2.57. The molecule has 4 saturated carbocycles. The van der Waals surface area contributed by atoms with Gasteiger partial charge in [-0.25, -0.2) is 0 Å². The Kier molecular flexibility index (Phi) is 4.20. The summed E-state index contributed by atoms with van der Waals surface area (Å²) in [7, 11) is 3.58. The quantitative estimate of drug-likeness (QED) is 0.460. The zero-order valence-electron chi connectivity index (χ0n) is 13.0. The van der Waals surface area contributed by atoms with Gasteiger partial charge in [0, 0.05) is 27.2 Å². The zero-order valence-corrected chi connectivity index (χ0v) is 13.0. The summed E-state index contributed by atoms with van der Waals surface area (Å²) in [6, 6.07) is 0. The SMILES string of the molecule is CN=C(NCCOC)NCC12CC3CC(CC(C3)C1)C2. The molecule has 4 aliphatic rings. The maximum atomic E-state index is 5.07. The van der Waals surface area contributed by atoms with E-state index >= 15 is 0 Å². The van der Waals surface area contributed by atoms with Crippen LogP contribution in [0.3, 0.4) is 0 Å². The molecule has 20 heavy (non-hydrogen) atoms. The van der Waals surface area contributed by atoms with Crippen LogP contribution in [0, 0.1) is 23.2 Å². The number of nitrogens with one attached hydrogen (secondary N) is 2. The highest BCUT2D eigenvalue weighted by atomic mass is 16.5. The molecule has 0 aromatic carbocycles. The highest BCUT2D eigenvalue weighted by Crippen LogP contribution is 2.59. The fraction of sp³-hybridized carbons (Fsp3) is 0.938. The molecule has 0 saturated heterocycles. The summed E-state index contributed by atoms with van der Waals surface area (Å²) < 4.78 is 5.07. The van der Waals surface area contributed by atoms with Crippen molar-refractivity contribution in [1.29, 1.82) is 0 Å². The number of aliphatic imine (C=N–C) groups is 1. The third kappa shape index (κ3) is 2.95. The summed E-state index contributed by atoms with van der Waals surface area (Å²) in [6.07, 6.45) is 8.88. The van der Waals surface area contributed by atoms with Gasteiger partial charge in [-0.1, -0.05) is 0 Å². The molecule has 0 aromatic rings. The van der Waals surface area contributed by atoms with Crippen molar-refractivity contribution >= 4 is 5.96 Å². The van der Waals surface area contributed by atoms with Gasteiger partial charge in [0.05, 0.1) is 6.61 Å². The van der Waals surface area contributed by atoms with Crippen LogP contribution in [0.5, 0.6) is 0 Å². The van der Waals surface area contributed by atoms with E-state index in [4.69, 9.17) is 4.74 Å². The van der Waals surface area contributed by atoms with Gasteiger partial charge in [0.15, 0.2) is 5.96 Å². The molecule has 0 aromatic heterocycles. The predicted molar refractivity (Wildman–Crippen MR) is 81.8 cm³/mol. The van der Waals surface area contributed by atoms with Crippen LogP contribution in [-0.4, -0.2) is 39.8 Å². The third-order valence-corrected chi connectivity index (χ3v) is 5.62. The number of rotatable bonds is 5. The Morgan fingerprint density at radius 3 is 2.20 bits per heavy atom. The molecular weight excluding hydrogens is 250 g/mol. The van der Waals surface area contributed by atoms with Crippen molar-refractivity contribution in [3.63, 3.8) is 0 Å². The highest BCUT2D eigenvalue weighted by Gasteiger charge is 2.50. The van der Waals surface area contributed by atoms with Crippen LogP contribution >= 0.6 is 0 Å². The van der Waals surface area contributed by atoms with Crippen LogP contribution in [0.1, 0.15) is 38.5 Å². The van der Waals surface area contributed by atoms with Gasteiger partial charge in [0.25, 0.3) is 0 Å². The molecular formula is C16H29N3O. The molecule has 114 valence electrons. The molecule has 4 heteroatoms. The van der Waals surface area contributed by atoms with Gasteiger partial charge in [-0.15, -0.1) is 0 Å². The number of guanidine groups is 1. The predicted octanol–water partition coefficient (Wildman–Crippen LogP) is 2.01. The monoisotopic (exact) mass is 279 g/mol. The van der Waals surface area contributed by atoms with Crippen molar-refractivity contribution in [1.82, 2.24) is 10.6 Å². The second-order valence-electron chi connectivity index (χ2n) is 7.26. The molecule has 4 aliphatic carbocycles. The van der Waals surface area contributed by atoms with Crippen molar-refractivity contribution < 1.29 is 4.74 Å². The van der Waals surface area contributed by atoms with Gasteiger partial charge in [0.1, 0.15) is 0 Å². The zero-order chi connectivity index (χ0) is 14.0. The molecule has 0 aliphatic heterocycles. The van der Waals surface area contributed by atoms with E-state index in [1.54, 1.807) is 7.11 Å². The van der Waals surface area contributed by atoms with E-state index in [0.29, 0.717) is 5.41 Å². The van der Waals surface area contributed by atoms with E-state index in [0.717, 1.165) is 43.4 Å². The number of nitrogens with zero attached hydrogens (tertiary/aromatic N) is 1. The maximum absolute atomic E-state index is 5.07. The minimum Gasteiger partial charge on any atom is -0.383 e. The molecule has 0 amide bonds. The summed E-state index contributed by atoms with van der Waals surface area (Å²) in [5, 5.41) is 6.89. The topological polar surface area (TPSA) is 45.7 Å². The van der Waals surface area contributed by atoms with Crippen molar-refractivity contribution in [3.8, 4) is 0 Å². The van der Waals surface area contributed by atoms with E-state index < -0.39 is 0 Å². The lowest BCUT2D eigenvalue weighted by Crippen LogP contribution is -2.52. The van der Waals surface area contributed by atoms with Gasteiger partial charge in [-0.3, -0.25) is 4.99 Å². The number of hydrogen-bond acceptors (Lipinski definition) is 2. The van der Waals surface area contributed by atoms with E-state index in [9.17, 15) is 0 Å². The average Bonchev–Trinajstić information content (AvgIpc) is 2.41. The maximum Gasteiger partial charge on any atom is 0.191 e. The third-order valence-electron chi connectivity index (χ3n) is 5.62. The molecule has 0 unspecified atom stereocenters. The second-order valence-corrected chi connectivity index (χ2v) is 7.26. The standard InChI is InChI=1S/C16H29N3O/c1-17-15(18-3-4-20-2)19-11-16-8-12-5-13(9-16)7-14(6-12)10-16/h12-14H,3-11H2,1-2H3,(H2,17,18,19). The van der Waals surface area contributed by atoms with Crippen molar-refractivity contribution in [3.05, 3.63) is 0 Å². The molecule has 0 spiro atoms. The van der Waals surface area contributed by atoms with Crippen LogP contribution in [0.15, 0.2) is 4.99 Å². The Hall–Kier alpha value is -0.770. The summed E-state index contributed by atoms with van der Waals surface area (Å²) >= 11 is 0. The molecule has 4 fully saturated rings. The Bertz CT molecular complexity index is 331. The fourth-order valence-corrected chi connectivity index (χ4v) is 5.27. The van der Waals surface area contributed by atoms with Gasteiger partial charge in [-0.2, -0.15) is 0 Å². The van der Waals surface area contributed by atoms with Gasteiger partial charge >= 0.3 is 0 Å². The van der Waals surface area contributed by atoms with Crippen molar-refractivity contribution in [2.45, 2.75) is 38.5 Å². The summed E-state index contributed by atoms with van der Waals surface area (Å²) in [6.45, 7) is 2.64. The molecule has 0 atom stereocenters. The lowest BCUT2D eigenvalue weighted by molar-refractivity contribution is -0.0492. The Morgan fingerprint density at radius 1 is 1.10 bits per heavy atom. The summed E-state index contributed by atoms with van der Waals surface area (Å²) in [4.78, 5) is 4.32. The van der Waals surface area contributed by atoms with E-state index in [2.05, 4.69) is 15.6 Å². The lowest BCUT2D eigenvalue weighted by atomic mass is 9.49. The largest absolute Gasteiger partial charge is 0.383 e. The normalized spacial score (nSPS) is 39.1. The van der Waals surface area contributed by atoms with Crippen LogP contribution in [0.25, 0.3) is 0 Å². The number of hydrogen-bond donors (Lipinski definition) is 2. The van der Waals surface area contributed by atoms with Gasteiger partial charge in [0.2, 0.25) is 0 Å².